The van der Waals surface area contributed by atoms with Crippen LogP contribution in [0.1, 0.15) is 24.0 Å². The Morgan fingerprint density at radius 1 is 1.43 bits per heavy atom. The van der Waals surface area contributed by atoms with E-state index in [1.54, 1.807) is 4.90 Å². The lowest BCUT2D eigenvalue weighted by molar-refractivity contribution is 0.156. The quantitative estimate of drug-likeness (QED) is 0.814. The predicted octanol–water partition coefficient (Wildman–Crippen LogP) is 1.85. The second kappa shape index (κ2) is 7.31. The minimum atomic E-state index is -0.114. The third-order valence-corrected chi connectivity index (χ3v) is 3.88. The second-order valence-corrected chi connectivity index (χ2v) is 5.47. The molecule has 1 aromatic carbocycles. The van der Waals surface area contributed by atoms with Gasteiger partial charge in [-0.3, -0.25) is 0 Å². The summed E-state index contributed by atoms with van der Waals surface area (Å²) in [4.78, 5) is 13.7. The number of nitrogens with one attached hydrogen (secondary N) is 1. The first-order valence-electron chi connectivity index (χ1n) is 7.48. The summed E-state index contributed by atoms with van der Waals surface area (Å²) in [6.45, 7) is 5.67. The molecule has 2 N–H and O–H groups in total. The molecule has 0 radical (unpaired) electrons. The number of rotatable bonds is 5. The van der Waals surface area contributed by atoms with Crippen LogP contribution in [0.25, 0.3) is 0 Å². The van der Waals surface area contributed by atoms with Crippen LogP contribution in [0.15, 0.2) is 18.2 Å². The number of benzene rings is 1. The van der Waals surface area contributed by atoms with Gasteiger partial charge in [-0.25, -0.2) is 4.79 Å². The van der Waals surface area contributed by atoms with E-state index in [4.69, 9.17) is 4.74 Å². The number of carbonyl (C=O) groups excluding carboxylic acids is 1. The highest BCUT2D eigenvalue weighted by Gasteiger charge is 2.27. The number of carbonyl (C=O) groups is 1. The Balaban J connectivity index is 1.76. The highest BCUT2D eigenvalue weighted by Crippen LogP contribution is 2.22. The van der Waals surface area contributed by atoms with Crippen molar-refractivity contribution in [3.05, 3.63) is 29.3 Å². The maximum atomic E-state index is 12.0. The number of ether oxygens (including phenoxy) is 1. The molecule has 2 amide bonds. The summed E-state index contributed by atoms with van der Waals surface area (Å²) in [5.74, 6) is 0.890. The zero-order valence-electron chi connectivity index (χ0n) is 12.8. The summed E-state index contributed by atoms with van der Waals surface area (Å²) < 4.78 is 5.75. The minimum Gasteiger partial charge on any atom is -0.491 e. The van der Waals surface area contributed by atoms with Gasteiger partial charge in [-0.1, -0.05) is 18.2 Å². The standard InChI is InChI=1S/C16H24N2O3/c1-12-5-3-6-13(2)15(12)21-10-8-17-16(20)18-9-4-7-14(18)11-19/h3,5-6,14,19H,4,7-11H2,1-2H3,(H,17,20). The fourth-order valence-electron chi connectivity index (χ4n) is 2.73. The van der Waals surface area contributed by atoms with Gasteiger partial charge in [0.05, 0.1) is 19.2 Å². The SMILES string of the molecule is Cc1cccc(C)c1OCCNC(=O)N1CCCC1CO. The highest BCUT2D eigenvalue weighted by atomic mass is 16.5. The minimum absolute atomic E-state index is 0.0341. The molecule has 0 aliphatic carbocycles. The van der Waals surface area contributed by atoms with Crippen molar-refractivity contribution in [2.24, 2.45) is 0 Å². The fourth-order valence-corrected chi connectivity index (χ4v) is 2.73. The van der Waals surface area contributed by atoms with E-state index < -0.39 is 0 Å². The van der Waals surface area contributed by atoms with Gasteiger partial charge in [0.25, 0.3) is 0 Å². The summed E-state index contributed by atoms with van der Waals surface area (Å²) in [6.07, 6.45) is 1.83. The summed E-state index contributed by atoms with van der Waals surface area (Å²) in [5, 5.41) is 12.1. The molecule has 1 atom stereocenters. The van der Waals surface area contributed by atoms with Gasteiger partial charge < -0.3 is 20.1 Å². The van der Waals surface area contributed by atoms with E-state index in [1.807, 2.05) is 32.0 Å². The zero-order valence-corrected chi connectivity index (χ0v) is 12.8. The Morgan fingerprint density at radius 2 is 2.14 bits per heavy atom. The second-order valence-electron chi connectivity index (χ2n) is 5.47. The van der Waals surface area contributed by atoms with Gasteiger partial charge in [-0.05, 0) is 37.8 Å². The highest BCUT2D eigenvalue weighted by molar-refractivity contribution is 5.74. The predicted molar refractivity (Wildman–Crippen MR) is 81.6 cm³/mol. The molecular formula is C16H24N2O3. The first-order valence-corrected chi connectivity index (χ1v) is 7.48. The van der Waals surface area contributed by atoms with Crippen LogP contribution >= 0.6 is 0 Å². The average molecular weight is 292 g/mol. The summed E-state index contributed by atoms with van der Waals surface area (Å²) in [5.41, 5.74) is 2.20. The normalized spacial score (nSPS) is 17.9. The van der Waals surface area contributed by atoms with E-state index in [0.29, 0.717) is 13.2 Å². The van der Waals surface area contributed by atoms with E-state index in [1.165, 1.54) is 0 Å². The van der Waals surface area contributed by atoms with Crippen LogP contribution in [0.3, 0.4) is 0 Å². The maximum absolute atomic E-state index is 12.0. The van der Waals surface area contributed by atoms with Crippen molar-refractivity contribution in [1.82, 2.24) is 10.2 Å². The molecule has 1 saturated heterocycles. The first kappa shape index (κ1) is 15.6. The molecule has 1 unspecified atom stereocenters. The molecule has 1 aliphatic rings. The zero-order chi connectivity index (χ0) is 15.2. The van der Waals surface area contributed by atoms with Crippen LogP contribution in [-0.2, 0) is 0 Å². The van der Waals surface area contributed by atoms with E-state index in [2.05, 4.69) is 5.32 Å². The van der Waals surface area contributed by atoms with Gasteiger partial charge in [0, 0.05) is 6.54 Å². The third kappa shape index (κ3) is 3.88. The summed E-state index contributed by atoms with van der Waals surface area (Å²) in [7, 11) is 0. The first-order chi connectivity index (χ1) is 10.1. The molecule has 116 valence electrons. The lowest BCUT2D eigenvalue weighted by atomic mass is 10.1. The number of hydrogen-bond donors (Lipinski definition) is 2. The molecule has 0 aromatic heterocycles. The average Bonchev–Trinajstić information content (AvgIpc) is 2.94. The molecule has 0 spiro atoms. The molecular weight excluding hydrogens is 268 g/mol. The Morgan fingerprint density at radius 3 is 2.81 bits per heavy atom. The number of nitrogens with zero attached hydrogens (tertiary/aromatic N) is 1. The van der Waals surface area contributed by atoms with Gasteiger partial charge in [-0.15, -0.1) is 0 Å². The maximum Gasteiger partial charge on any atom is 0.317 e. The monoisotopic (exact) mass is 292 g/mol. The number of amides is 2. The van der Waals surface area contributed by atoms with Crippen LogP contribution in [0, 0.1) is 13.8 Å². The van der Waals surface area contributed by atoms with Crippen molar-refractivity contribution in [1.29, 1.82) is 0 Å². The van der Waals surface area contributed by atoms with Crippen molar-refractivity contribution in [2.45, 2.75) is 32.7 Å². The molecule has 1 aromatic rings. The number of aliphatic hydroxyl groups excluding tert-OH is 1. The number of aryl methyl sites for hydroxylation is 2. The number of para-hydroxylation sites is 1. The van der Waals surface area contributed by atoms with Crippen LogP contribution in [0.5, 0.6) is 5.75 Å². The smallest absolute Gasteiger partial charge is 0.317 e. The van der Waals surface area contributed by atoms with Crippen molar-refractivity contribution in [3.63, 3.8) is 0 Å². The van der Waals surface area contributed by atoms with Crippen LogP contribution in [-0.4, -0.2) is 48.4 Å². The number of likely N-dealkylation sites (tertiary alicyclic amines) is 1. The van der Waals surface area contributed by atoms with Crippen molar-refractivity contribution in [2.75, 3.05) is 26.3 Å². The molecule has 1 aliphatic heterocycles. The van der Waals surface area contributed by atoms with Crippen molar-refractivity contribution in [3.8, 4) is 5.75 Å². The van der Waals surface area contributed by atoms with E-state index in [9.17, 15) is 9.90 Å². The number of hydrogen-bond acceptors (Lipinski definition) is 3. The van der Waals surface area contributed by atoms with Gasteiger partial charge in [-0.2, -0.15) is 0 Å². The lowest BCUT2D eigenvalue weighted by Crippen LogP contribution is -2.45. The molecule has 0 bridgehead atoms. The number of urea groups is 1. The largest absolute Gasteiger partial charge is 0.491 e. The molecule has 21 heavy (non-hydrogen) atoms. The van der Waals surface area contributed by atoms with Gasteiger partial charge in [0.15, 0.2) is 0 Å². The van der Waals surface area contributed by atoms with Crippen molar-refractivity contribution >= 4 is 6.03 Å². The molecule has 1 heterocycles. The number of aliphatic hydroxyl groups is 1. The molecule has 2 rings (SSSR count). The van der Waals surface area contributed by atoms with E-state index in [-0.39, 0.29) is 18.7 Å². The van der Waals surface area contributed by atoms with E-state index in [0.717, 1.165) is 36.3 Å². The van der Waals surface area contributed by atoms with Crippen LogP contribution in [0.2, 0.25) is 0 Å². The third-order valence-electron chi connectivity index (χ3n) is 3.88. The van der Waals surface area contributed by atoms with Crippen molar-refractivity contribution < 1.29 is 14.6 Å². The molecule has 0 saturated carbocycles. The topological polar surface area (TPSA) is 61.8 Å². The molecule has 5 nitrogen and oxygen atoms in total. The summed E-state index contributed by atoms with van der Waals surface area (Å²) >= 11 is 0. The Kier molecular flexibility index (Phi) is 5.44. The van der Waals surface area contributed by atoms with Crippen LogP contribution < -0.4 is 10.1 Å². The van der Waals surface area contributed by atoms with Crippen LogP contribution in [0.4, 0.5) is 4.79 Å². The summed E-state index contributed by atoms with van der Waals surface area (Å²) in [6, 6.07) is 5.87. The lowest BCUT2D eigenvalue weighted by Gasteiger charge is -2.23. The van der Waals surface area contributed by atoms with Gasteiger partial charge in [0.2, 0.25) is 0 Å². The van der Waals surface area contributed by atoms with Gasteiger partial charge in [0.1, 0.15) is 12.4 Å². The molecule has 1 fully saturated rings. The Bertz CT molecular complexity index is 470. The van der Waals surface area contributed by atoms with E-state index >= 15 is 0 Å². The van der Waals surface area contributed by atoms with Gasteiger partial charge >= 0.3 is 6.03 Å². The Hall–Kier alpha value is -1.75. The Labute approximate surface area is 125 Å². The fraction of sp³-hybridized carbons (Fsp3) is 0.562. The molecule has 5 heteroatoms.